The van der Waals surface area contributed by atoms with Gasteiger partial charge < -0.3 is 21.3 Å². The highest BCUT2D eigenvalue weighted by Crippen LogP contribution is 2.19. The summed E-state index contributed by atoms with van der Waals surface area (Å²) in [6, 6.07) is 14.6. The smallest absolute Gasteiger partial charge is 0.255 e. The van der Waals surface area contributed by atoms with E-state index in [0.29, 0.717) is 22.9 Å². The molecule has 31 heavy (non-hydrogen) atoms. The molecule has 0 aliphatic carbocycles. The summed E-state index contributed by atoms with van der Waals surface area (Å²) in [5.74, 6) is -1.31. The lowest BCUT2D eigenvalue weighted by Crippen LogP contribution is -2.48. The minimum Gasteiger partial charge on any atom is -0.369 e. The fourth-order valence-corrected chi connectivity index (χ4v) is 3.53. The van der Waals surface area contributed by atoms with Crippen LogP contribution < -0.4 is 21.3 Å². The van der Waals surface area contributed by atoms with E-state index < -0.39 is 11.8 Å². The number of primary amides is 1. The van der Waals surface area contributed by atoms with Crippen LogP contribution in [0.3, 0.4) is 0 Å². The van der Waals surface area contributed by atoms with Crippen LogP contribution >= 0.6 is 0 Å². The van der Waals surface area contributed by atoms with Crippen molar-refractivity contribution in [2.24, 2.45) is 5.73 Å². The van der Waals surface area contributed by atoms with E-state index in [0.717, 1.165) is 31.9 Å². The molecule has 0 radical (unpaired) electrons. The zero-order valence-corrected chi connectivity index (χ0v) is 17.9. The van der Waals surface area contributed by atoms with Crippen molar-refractivity contribution >= 4 is 29.1 Å². The Balaban J connectivity index is 1.59. The molecule has 1 aliphatic rings. The van der Waals surface area contributed by atoms with Crippen LogP contribution in [-0.2, 0) is 4.79 Å². The summed E-state index contributed by atoms with van der Waals surface area (Å²) in [5.41, 5.74) is 7.50. The summed E-state index contributed by atoms with van der Waals surface area (Å²) in [6.45, 7) is 8.18. The Morgan fingerprint density at radius 2 is 1.61 bits per heavy atom. The number of amides is 3. The fraction of sp³-hybridized carbons (Fsp3) is 0.348. The molecule has 1 aliphatic heterocycles. The van der Waals surface area contributed by atoms with Crippen molar-refractivity contribution in [2.75, 3.05) is 42.9 Å². The van der Waals surface area contributed by atoms with Crippen LogP contribution in [0.2, 0.25) is 0 Å². The second-order valence-electron chi connectivity index (χ2n) is 7.85. The molecule has 0 unspecified atom stereocenters. The minimum absolute atomic E-state index is 0.242. The van der Waals surface area contributed by atoms with E-state index in [2.05, 4.69) is 34.3 Å². The zero-order chi connectivity index (χ0) is 22.4. The quantitative estimate of drug-likeness (QED) is 0.628. The predicted molar refractivity (Wildman–Crippen MR) is 121 cm³/mol. The maximum absolute atomic E-state index is 12.6. The number of benzene rings is 2. The number of carbonyl (C=O) groups excluding carboxylic acids is 3. The summed E-state index contributed by atoms with van der Waals surface area (Å²) in [6.07, 6.45) is 0. The van der Waals surface area contributed by atoms with Crippen LogP contribution in [0.5, 0.6) is 0 Å². The number of hydrogen-bond donors (Lipinski definition) is 3. The first-order valence-corrected chi connectivity index (χ1v) is 10.4. The molecule has 4 N–H and O–H groups in total. The molecule has 1 saturated heterocycles. The van der Waals surface area contributed by atoms with Gasteiger partial charge in [-0.3, -0.25) is 19.3 Å². The van der Waals surface area contributed by atoms with E-state index in [4.69, 9.17) is 5.73 Å². The topological polar surface area (TPSA) is 108 Å². The first-order valence-electron chi connectivity index (χ1n) is 10.4. The fourth-order valence-electron chi connectivity index (χ4n) is 3.53. The molecule has 1 fully saturated rings. The Bertz CT molecular complexity index is 934. The Hall–Kier alpha value is -3.39. The second-order valence-corrected chi connectivity index (χ2v) is 7.85. The molecule has 8 nitrogen and oxygen atoms in total. The Labute approximate surface area is 182 Å². The molecule has 0 saturated carbocycles. The summed E-state index contributed by atoms with van der Waals surface area (Å²) in [7, 11) is 0. The van der Waals surface area contributed by atoms with Crippen molar-refractivity contribution in [1.29, 1.82) is 0 Å². The van der Waals surface area contributed by atoms with Gasteiger partial charge in [-0.05, 0) is 56.3 Å². The van der Waals surface area contributed by atoms with Crippen LogP contribution in [0.15, 0.2) is 48.5 Å². The normalized spacial score (nSPS) is 14.4. The molecular weight excluding hydrogens is 394 g/mol. The average Bonchev–Trinajstić information content (AvgIpc) is 2.77. The van der Waals surface area contributed by atoms with Gasteiger partial charge in [-0.25, -0.2) is 0 Å². The summed E-state index contributed by atoms with van der Waals surface area (Å²) in [5, 5.41) is 5.23. The van der Waals surface area contributed by atoms with Crippen molar-refractivity contribution in [3.05, 3.63) is 59.7 Å². The molecule has 0 aromatic heterocycles. The van der Waals surface area contributed by atoms with Gasteiger partial charge in [0.05, 0.1) is 6.54 Å². The van der Waals surface area contributed by atoms with E-state index in [1.54, 1.807) is 24.3 Å². The van der Waals surface area contributed by atoms with E-state index in [9.17, 15) is 14.4 Å². The van der Waals surface area contributed by atoms with Crippen LogP contribution in [0.4, 0.5) is 11.4 Å². The summed E-state index contributed by atoms with van der Waals surface area (Å²) >= 11 is 0. The van der Waals surface area contributed by atoms with Crippen LogP contribution in [-0.4, -0.2) is 61.4 Å². The zero-order valence-electron chi connectivity index (χ0n) is 17.9. The molecule has 0 atom stereocenters. The number of rotatable bonds is 7. The number of hydrogen-bond acceptors (Lipinski definition) is 5. The highest BCUT2D eigenvalue weighted by atomic mass is 16.2. The van der Waals surface area contributed by atoms with Crippen molar-refractivity contribution in [1.82, 2.24) is 10.2 Å². The maximum atomic E-state index is 12.6. The molecule has 2 aromatic carbocycles. The number of piperazine rings is 1. The Morgan fingerprint density at radius 1 is 0.935 bits per heavy atom. The van der Waals surface area contributed by atoms with Gasteiger partial charge >= 0.3 is 0 Å². The third kappa shape index (κ3) is 6.05. The third-order valence-corrected chi connectivity index (χ3v) is 5.35. The lowest BCUT2D eigenvalue weighted by atomic mass is 10.1. The summed E-state index contributed by atoms with van der Waals surface area (Å²) in [4.78, 5) is 40.3. The Kier molecular flexibility index (Phi) is 7.25. The molecule has 3 rings (SSSR count). The lowest BCUT2D eigenvalue weighted by Gasteiger charge is -2.38. The van der Waals surface area contributed by atoms with E-state index in [1.165, 1.54) is 0 Å². The summed E-state index contributed by atoms with van der Waals surface area (Å²) < 4.78 is 0. The highest BCUT2D eigenvalue weighted by molar-refractivity contribution is 6.05. The van der Waals surface area contributed by atoms with E-state index >= 15 is 0 Å². The molecule has 164 valence electrons. The van der Waals surface area contributed by atoms with Gasteiger partial charge in [0, 0.05) is 54.7 Å². The van der Waals surface area contributed by atoms with Gasteiger partial charge in [0.25, 0.3) is 11.8 Å². The van der Waals surface area contributed by atoms with E-state index in [-0.39, 0.29) is 12.5 Å². The van der Waals surface area contributed by atoms with E-state index in [1.807, 2.05) is 24.3 Å². The average molecular weight is 424 g/mol. The van der Waals surface area contributed by atoms with Gasteiger partial charge in [0.2, 0.25) is 5.91 Å². The van der Waals surface area contributed by atoms with Crippen molar-refractivity contribution in [2.45, 2.75) is 19.9 Å². The second kappa shape index (κ2) is 10.1. The minimum atomic E-state index is -0.622. The molecule has 0 spiro atoms. The molecule has 3 amide bonds. The maximum Gasteiger partial charge on any atom is 0.255 e. The SMILES string of the molecule is CC(C)N1CCN(c2ccc(C(=O)Nc3cccc(C(=O)NCC(N)=O)c3)cc2)CC1. The third-order valence-electron chi connectivity index (χ3n) is 5.35. The number of nitrogens with one attached hydrogen (secondary N) is 2. The molecule has 1 heterocycles. The standard InChI is InChI=1S/C23H29N5O3/c1-16(2)27-10-12-28(13-11-27)20-8-6-17(7-9-20)23(31)26-19-5-3-4-18(14-19)22(30)25-15-21(24)29/h3-9,14,16H,10-13,15H2,1-2H3,(H2,24,29)(H,25,30)(H,26,31). The number of carbonyl (C=O) groups is 3. The van der Waals surface area contributed by atoms with Crippen LogP contribution in [0.25, 0.3) is 0 Å². The predicted octanol–water partition coefficient (Wildman–Crippen LogP) is 1.68. The molecule has 2 aromatic rings. The monoisotopic (exact) mass is 423 g/mol. The van der Waals surface area contributed by atoms with Crippen LogP contribution in [0, 0.1) is 0 Å². The van der Waals surface area contributed by atoms with Crippen molar-refractivity contribution in [3.8, 4) is 0 Å². The largest absolute Gasteiger partial charge is 0.369 e. The number of nitrogens with two attached hydrogens (primary N) is 1. The van der Waals surface area contributed by atoms with Gasteiger partial charge in [-0.15, -0.1) is 0 Å². The number of anilines is 2. The molecule has 8 heteroatoms. The van der Waals surface area contributed by atoms with Gasteiger partial charge in [-0.2, -0.15) is 0 Å². The van der Waals surface area contributed by atoms with Gasteiger partial charge in [-0.1, -0.05) is 6.07 Å². The van der Waals surface area contributed by atoms with Crippen LogP contribution in [0.1, 0.15) is 34.6 Å². The Morgan fingerprint density at radius 3 is 2.23 bits per heavy atom. The first-order chi connectivity index (χ1) is 14.8. The van der Waals surface area contributed by atoms with Gasteiger partial charge in [0.1, 0.15) is 0 Å². The molecular formula is C23H29N5O3. The first kappa shape index (κ1) is 22.3. The van der Waals surface area contributed by atoms with Crippen molar-refractivity contribution < 1.29 is 14.4 Å². The lowest BCUT2D eigenvalue weighted by molar-refractivity contribution is -0.117. The highest BCUT2D eigenvalue weighted by Gasteiger charge is 2.19. The van der Waals surface area contributed by atoms with Crippen molar-refractivity contribution in [3.63, 3.8) is 0 Å². The molecule has 0 bridgehead atoms. The number of nitrogens with zero attached hydrogens (tertiary/aromatic N) is 2. The van der Waals surface area contributed by atoms with Gasteiger partial charge in [0.15, 0.2) is 0 Å².